The monoisotopic (exact) mass is 283 g/mol. The standard InChI is InChI=1S/C13H15Cl2N3/c1-3-11-9(7-18(2)17-11)13(16)8-5-4-6-10(14)12(8)15/h4-7,13H,3,16H2,1-2H3. The molecule has 2 N–H and O–H groups in total. The highest BCUT2D eigenvalue weighted by atomic mass is 35.5. The molecule has 0 radical (unpaired) electrons. The van der Waals surface area contributed by atoms with Gasteiger partial charge < -0.3 is 5.73 Å². The molecule has 5 heteroatoms. The van der Waals surface area contributed by atoms with E-state index < -0.39 is 0 Å². The summed E-state index contributed by atoms with van der Waals surface area (Å²) in [6.45, 7) is 2.05. The SMILES string of the molecule is CCc1nn(C)cc1C(N)c1cccc(Cl)c1Cl. The Balaban J connectivity index is 2.47. The molecule has 0 aliphatic carbocycles. The van der Waals surface area contributed by atoms with Gasteiger partial charge in [0.2, 0.25) is 0 Å². The van der Waals surface area contributed by atoms with Crippen molar-refractivity contribution >= 4 is 23.2 Å². The zero-order valence-electron chi connectivity index (χ0n) is 10.3. The number of halogens is 2. The van der Waals surface area contributed by atoms with Crippen molar-refractivity contribution in [1.29, 1.82) is 0 Å². The summed E-state index contributed by atoms with van der Waals surface area (Å²) in [6, 6.07) is 5.20. The minimum atomic E-state index is -0.306. The van der Waals surface area contributed by atoms with Gasteiger partial charge in [-0.1, -0.05) is 42.3 Å². The topological polar surface area (TPSA) is 43.8 Å². The molecule has 0 saturated heterocycles. The number of hydrogen-bond acceptors (Lipinski definition) is 2. The Kier molecular flexibility index (Phi) is 3.95. The molecule has 18 heavy (non-hydrogen) atoms. The van der Waals surface area contributed by atoms with Crippen molar-refractivity contribution in [1.82, 2.24) is 9.78 Å². The summed E-state index contributed by atoms with van der Waals surface area (Å²) in [5, 5.41) is 5.42. The van der Waals surface area contributed by atoms with Crippen LogP contribution in [0.15, 0.2) is 24.4 Å². The highest BCUT2D eigenvalue weighted by molar-refractivity contribution is 6.42. The Morgan fingerprint density at radius 3 is 2.72 bits per heavy atom. The summed E-state index contributed by atoms with van der Waals surface area (Å²) >= 11 is 12.2. The molecule has 1 unspecified atom stereocenters. The van der Waals surface area contributed by atoms with Crippen LogP contribution < -0.4 is 5.73 Å². The first-order chi connectivity index (χ1) is 8.54. The van der Waals surface area contributed by atoms with Gasteiger partial charge in [-0.2, -0.15) is 5.10 Å². The summed E-state index contributed by atoms with van der Waals surface area (Å²) in [6.07, 6.45) is 2.77. The molecule has 96 valence electrons. The maximum atomic E-state index is 6.28. The predicted octanol–water partition coefficient (Wildman–Crippen LogP) is 3.34. The van der Waals surface area contributed by atoms with E-state index in [1.165, 1.54) is 0 Å². The van der Waals surface area contributed by atoms with Gasteiger partial charge in [-0.15, -0.1) is 0 Å². The average molecular weight is 284 g/mol. The summed E-state index contributed by atoms with van der Waals surface area (Å²) in [7, 11) is 1.88. The normalized spacial score (nSPS) is 12.7. The lowest BCUT2D eigenvalue weighted by Gasteiger charge is -2.14. The molecule has 2 aromatic rings. The third-order valence-corrected chi connectivity index (χ3v) is 3.76. The van der Waals surface area contributed by atoms with E-state index in [9.17, 15) is 0 Å². The van der Waals surface area contributed by atoms with Crippen molar-refractivity contribution in [2.75, 3.05) is 0 Å². The van der Waals surface area contributed by atoms with Gasteiger partial charge in [-0.05, 0) is 18.1 Å². The molecular formula is C13H15Cl2N3. The largest absolute Gasteiger partial charge is 0.320 e. The smallest absolute Gasteiger partial charge is 0.0672 e. The van der Waals surface area contributed by atoms with Crippen LogP contribution in [0.5, 0.6) is 0 Å². The fourth-order valence-electron chi connectivity index (χ4n) is 2.02. The molecule has 0 aliphatic rings. The van der Waals surface area contributed by atoms with Crippen LogP contribution in [0.25, 0.3) is 0 Å². The molecular weight excluding hydrogens is 269 g/mol. The number of nitrogens with two attached hydrogens (primary N) is 1. The van der Waals surface area contributed by atoms with Crippen LogP contribution in [0, 0.1) is 0 Å². The first kappa shape index (κ1) is 13.4. The summed E-state index contributed by atoms with van der Waals surface area (Å²) in [5.41, 5.74) is 9.08. The Morgan fingerprint density at radius 1 is 1.33 bits per heavy atom. The average Bonchev–Trinajstić information content (AvgIpc) is 2.73. The van der Waals surface area contributed by atoms with E-state index in [4.69, 9.17) is 28.9 Å². The maximum absolute atomic E-state index is 6.28. The van der Waals surface area contributed by atoms with E-state index in [-0.39, 0.29) is 6.04 Å². The number of aryl methyl sites for hydroxylation is 2. The zero-order valence-corrected chi connectivity index (χ0v) is 11.8. The van der Waals surface area contributed by atoms with E-state index in [1.54, 1.807) is 10.7 Å². The van der Waals surface area contributed by atoms with Gasteiger partial charge in [0.15, 0.2) is 0 Å². The molecule has 0 fully saturated rings. The van der Waals surface area contributed by atoms with Crippen molar-refractivity contribution in [2.45, 2.75) is 19.4 Å². The molecule has 0 saturated carbocycles. The van der Waals surface area contributed by atoms with Gasteiger partial charge in [0, 0.05) is 18.8 Å². The lowest BCUT2D eigenvalue weighted by Crippen LogP contribution is -2.13. The molecule has 1 aromatic carbocycles. The highest BCUT2D eigenvalue weighted by Gasteiger charge is 2.19. The number of aromatic nitrogens is 2. The molecule has 0 amide bonds. The number of benzene rings is 1. The van der Waals surface area contributed by atoms with Crippen LogP contribution in [0.3, 0.4) is 0 Å². The fraction of sp³-hybridized carbons (Fsp3) is 0.308. The van der Waals surface area contributed by atoms with Gasteiger partial charge in [0.25, 0.3) is 0 Å². The molecule has 1 aromatic heterocycles. The zero-order chi connectivity index (χ0) is 13.3. The summed E-state index contributed by atoms with van der Waals surface area (Å²) in [4.78, 5) is 0. The third kappa shape index (κ3) is 2.39. The van der Waals surface area contributed by atoms with Crippen LogP contribution in [0.2, 0.25) is 10.0 Å². The van der Waals surface area contributed by atoms with E-state index in [0.717, 1.165) is 23.2 Å². The van der Waals surface area contributed by atoms with Crippen molar-refractivity contribution < 1.29 is 0 Å². The van der Waals surface area contributed by atoms with Crippen molar-refractivity contribution in [3.05, 3.63) is 51.3 Å². The summed E-state index contributed by atoms with van der Waals surface area (Å²) < 4.78 is 1.77. The second-order valence-corrected chi connectivity index (χ2v) is 4.96. The summed E-state index contributed by atoms with van der Waals surface area (Å²) in [5.74, 6) is 0. The van der Waals surface area contributed by atoms with E-state index in [1.807, 2.05) is 25.4 Å². The Hall–Kier alpha value is -1.03. The molecule has 0 aliphatic heterocycles. The first-order valence-electron chi connectivity index (χ1n) is 5.76. The number of hydrogen-bond donors (Lipinski definition) is 1. The van der Waals surface area contributed by atoms with Gasteiger partial charge in [0.1, 0.15) is 0 Å². The lowest BCUT2D eigenvalue weighted by molar-refractivity contribution is 0.746. The minimum Gasteiger partial charge on any atom is -0.320 e. The molecule has 0 spiro atoms. The van der Waals surface area contributed by atoms with Crippen molar-refractivity contribution in [3.63, 3.8) is 0 Å². The van der Waals surface area contributed by atoms with E-state index in [0.29, 0.717) is 10.0 Å². The highest BCUT2D eigenvalue weighted by Crippen LogP contribution is 2.32. The van der Waals surface area contributed by atoms with Gasteiger partial charge in [0.05, 0.1) is 21.8 Å². The maximum Gasteiger partial charge on any atom is 0.0672 e. The Morgan fingerprint density at radius 2 is 2.06 bits per heavy atom. The molecule has 3 nitrogen and oxygen atoms in total. The molecule has 1 heterocycles. The van der Waals surface area contributed by atoms with Gasteiger partial charge >= 0.3 is 0 Å². The number of rotatable bonds is 3. The van der Waals surface area contributed by atoms with Crippen molar-refractivity contribution in [2.24, 2.45) is 12.8 Å². The van der Waals surface area contributed by atoms with E-state index >= 15 is 0 Å². The van der Waals surface area contributed by atoms with Crippen LogP contribution in [0.1, 0.15) is 29.8 Å². The molecule has 0 bridgehead atoms. The minimum absolute atomic E-state index is 0.306. The Labute approximate surface area is 117 Å². The van der Waals surface area contributed by atoms with Crippen LogP contribution in [-0.4, -0.2) is 9.78 Å². The van der Waals surface area contributed by atoms with Crippen LogP contribution in [0.4, 0.5) is 0 Å². The third-order valence-electron chi connectivity index (χ3n) is 2.92. The van der Waals surface area contributed by atoms with Gasteiger partial charge in [-0.3, -0.25) is 4.68 Å². The molecule has 2 rings (SSSR count). The van der Waals surface area contributed by atoms with Crippen molar-refractivity contribution in [3.8, 4) is 0 Å². The molecule has 1 atom stereocenters. The second-order valence-electron chi connectivity index (χ2n) is 4.18. The predicted molar refractivity (Wildman–Crippen MR) is 75.1 cm³/mol. The quantitative estimate of drug-likeness (QED) is 0.939. The second kappa shape index (κ2) is 5.31. The number of nitrogens with zero attached hydrogens (tertiary/aromatic N) is 2. The first-order valence-corrected chi connectivity index (χ1v) is 6.52. The lowest BCUT2D eigenvalue weighted by atomic mass is 9.99. The fourth-order valence-corrected chi connectivity index (χ4v) is 2.44. The van der Waals surface area contributed by atoms with Crippen LogP contribution in [-0.2, 0) is 13.5 Å². The van der Waals surface area contributed by atoms with Gasteiger partial charge in [-0.25, -0.2) is 0 Å². The van der Waals surface area contributed by atoms with Crippen LogP contribution >= 0.6 is 23.2 Å². The Bertz CT molecular complexity index is 563. The van der Waals surface area contributed by atoms with E-state index in [2.05, 4.69) is 12.0 Å².